The zero-order valence-electron chi connectivity index (χ0n) is 8.66. The average molecular weight is 211 g/mol. The summed E-state index contributed by atoms with van der Waals surface area (Å²) in [6.07, 6.45) is 5.41. The number of rotatable bonds is 3. The Kier molecular flexibility index (Phi) is 2.77. The van der Waals surface area contributed by atoms with Crippen molar-refractivity contribution in [3.8, 4) is 0 Å². The lowest BCUT2D eigenvalue weighted by Gasteiger charge is -2.35. The van der Waals surface area contributed by atoms with Gasteiger partial charge in [0.1, 0.15) is 0 Å². The fraction of sp³-hybridized carbons (Fsp3) is 0.778. The summed E-state index contributed by atoms with van der Waals surface area (Å²) in [7, 11) is 0. The molecule has 5 N–H and O–H groups in total. The highest BCUT2D eigenvalue weighted by Crippen LogP contribution is 2.30. The Morgan fingerprint density at radius 3 is 2.67 bits per heavy atom. The maximum Gasteiger partial charge on any atom is 0.244 e. The Balaban J connectivity index is 2.06. The van der Waals surface area contributed by atoms with Gasteiger partial charge in [-0.15, -0.1) is 5.10 Å². The molecule has 0 spiro atoms. The number of hydrogen-bond donors (Lipinski definition) is 4. The molecule has 1 aliphatic rings. The van der Waals surface area contributed by atoms with E-state index in [-0.39, 0.29) is 12.1 Å². The molecular weight excluding hydrogens is 194 g/mol. The third-order valence-corrected chi connectivity index (χ3v) is 2.99. The van der Waals surface area contributed by atoms with Crippen molar-refractivity contribution < 1.29 is 5.11 Å². The van der Waals surface area contributed by atoms with Crippen LogP contribution in [-0.4, -0.2) is 32.4 Å². The minimum Gasteiger partial charge on any atom is -0.394 e. The van der Waals surface area contributed by atoms with Gasteiger partial charge in [0.15, 0.2) is 0 Å². The third-order valence-electron chi connectivity index (χ3n) is 2.99. The summed E-state index contributed by atoms with van der Waals surface area (Å²) >= 11 is 0. The van der Waals surface area contributed by atoms with Crippen molar-refractivity contribution in [2.24, 2.45) is 0 Å². The number of aliphatic hydroxyl groups is 1. The third kappa shape index (κ3) is 2.20. The molecule has 6 nitrogen and oxygen atoms in total. The number of aliphatic hydroxyl groups excluding tert-OH is 1. The first-order valence-corrected chi connectivity index (χ1v) is 5.31. The van der Waals surface area contributed by atoms with Gasteiger partial charge in [0.25, 0.3) is 0 Å². The fourth-order valence-corrected chi connectivity index (χ4v) is 2.12. The van der Waals surface area contributed by atoms with Crippen LogP contribution < -0.4 is 11.1 Å². The summed E-state index contributed by atoms with van der Waals surface area (Å²) in [5.74, 6) is 0.768. The van der Waals surface area contributed by atoms with E-state index in [1.807, 2.05) is 0 Å². The number of aromatic amines is 1. The Labute approximate surface area is 88.3 Å². The van der Waals surface area contributed by atoms with Gasteiger partial charge in [-0.25, -0.2) is 5.10 Å². The molecule has 0 aliphatic heterocycles. The second-order valence-electron chi connectivity index (χ2n) is 4.17. The van der Waals surface area contributed by atoms with E-state index in [1.165, 1.54) is 6.42 Å². The zero-order valence-corrected chi connectivity index (χ0v) is 8.66. The quantitative estimate of drug-likeness (QED) is 0.583. The summed E-state index contributed by atoms with van der Waals surface area (Å²) in [5.41, 5.74) is 5.18. The van der Waals surface area contributed by atoms with Crippen LogP contribution in [0.4, 0.5) is 11.9 Å². The number of H-pyrrole nitrogens is 1. The number of nitrogen functional groups attached to an aromatic ring is 1. The molecule has 15 heavy (non-hydrogen) atoms. The fourth-order valence-electron chi connectivity index (χ4n) is 2.12. The molecular formula is C9H17N5O. The standard InChI is InChI=1S/C9H17N5O/c10-7-11-8(14-13-7)12-9(6-15)4-2-1-3-5-9/h15H,1-6H2,(H4,10,11,12,13,14). The summed E-state index contributed by atoms with van der Waals surface area (Å²) in [6.45, 7) is 0.113. The normalized spacial score (nSPS) is 20.1. The van der Waals surface area contributed by atoms with Gasteiger partial charge in [0.05, 0.1) is 12.1 Å². The first-order valence-electron chi connectivity index (χ1n) is 5.31. The van der Waals surface area contributed by atoms with Crippen LogP contribution >= 0.6 is 0 Å². The van der Waals surface area contributed by atoms with Gasteiger partial charge in [0.2, 0.25) is 11.9 Å². The van der Waals surface area contributed by atoms with Gasteiger partial charge in [-0.3, -0.25) is 0 Å². The van der Waals surface area contributed by atoms with Crippen LogP contribution in [0.15, 0.2) is 0 Å². The maximum atomic E-state index is 9.45. The molecule has 0 saturated heterocycles. The first kappa shape index (κ1) is 10.2. The number of nitrogens with two attached hydrogens (primary N) is 1. The molecule has 1 aliphatic carbocycles. The van der Waals surface area contributed by atoms with E-state index in [1.54, 1.807) is 0 Å². The highest BCUT2D eigenvalue weighted by atomic mass is 16.3. The molecule has 0 bridgehead atoms. The van der Waals surface area contributed by atoms with Crippen LogP contribution in [-0.2, 0) is 0 Å². The minimum absolute atomic E-state index is 0.113. The molecule has 1 fully saturated rings. The van der Waals surface area contributed by atoms with E-state index in [2.05, 4.69) is 20.5 Å². The molecule has 2 rings (SSSR count). The molecule has 1 aromatic rings. The summed E-state index contributed by atoms with van der Waals surface area (Å²) in [5, 5.41) is 19.1. The van der Waals surface area contributed by atoms with Gasteiger partial charge >= 0.3 is 0 Å². The minimum atomic E-state index is -0.257. The van der Waals surface area contributed by atoms with Crippen molar-refractivity contribution in [2.45, 2.75) is 37.6 Å². The number of hydrogen-bond acceptors (Lipinski definition) is 5. The Morgan fingerprint density at radius 1 is 1.40 bits per heavy atom. The molecule has 1 aromatic heterocycles. The number of aromatic nitrogens is 3. The maximum absolute atomic E-state index is 9.45. The topological polar surface area (TPSA) is 99.8 Å². The Hall–Kier alpha value is -1.30. The summed E-state index contributed by atoms with van der Waals surface area (Å²) in [6, 6.07) is 0. The molecule has 1 heterocycles. The van der Waals surface area contributed by atoms with Crippen molar-refractivity contribution in [3.63, 3.8) is 0 Å². The van der Waals surface area contributed by atoms with Crippen LogP contribution in [0.25, 0.3) is 0 Å². The Bertz CT molecular complexity index is 318. The summed E-state index contributed by atoms with van der Waals surface area (Å²) < 4.78 is 0. The number of nitrogens with zero attached hydrogens (tertiary/aromatic N) is 2. The molecule has 0 atom stereocenters. The van der Waals surface area contributed by atoms with Crippen LogP contribution in [0.5, 0.6) is 0 Å². The monoisotopic (exact) mass is 211 g/mol. The Morgan fingerprint density at radius 2 is 2.13 bits per heavy atom. The first-order chi connectivity index (χ1) is 7.24. The van der Waals surface area contributed by atoms with E-state index in [0.29, 0.717) is 11.9 Å². The van der Waals surface area contributed by atoms with Gasteiger partial charge < -0.3 is 16.2 Å². The van der Waals surface area contributed by atoms with Crippen LogP contribution in [0.3, 0.4) is 0 Å². The van der Waals surface area contributed by atoms with Crippen molar-refractivity contribution in [2.75, 3.05) is 17.7 Å². The van der Waals surface area contributed by atoms with Crippen LogP contribution in [0, 0.1) is 0 Å². The predicted molar refractivity (Wildman–Crippen MR) is 57.3 cm³/mol. The second kappa shape index (κ2) is 4.06. The number of nitrogens with one attached hydrogen (secondary N) is 2. The lowest BCUT2D eigenvalue weighted by Crippen LogP contribution is -2.44. The molecule has 84 valence electrons. The van der Waals surface area contributed by atoms with Gasteiger partial charge in [-0.2, -0.15) is 4.98 Å². The lowest BCUT2D eigenvalue weighted by molar-refractivity contribution is 0.172. The molecule has 0 unspecified atom stereocenters. The highest BCUT2D eigenvalue weighted by Gasteiger charge is 2.32. The van der Waals surface area contributed by atoms with Crippen molar-refractivity contribution in [3.05, 3.63) is 0 Å². The average Bonchev–Trinajstić information content (AvgIpc) is 2.65. The smallest absolute Gasteiger partial charge is 0.244 e. The van der Waals surface area contributed by atoms with E-state index in [0.717, 1.165) is 25.7 Å². The number of anilines is 2. The van der Waals surface area contributed by atoms with Gasteiger partial charge in [-0.1, -0.05) is 19.3 Å². The van der Waals surface area contributed by atoms with Crippen LogP contribution in [0.1, 0.15) is 32.1 Å². The van der Waals surface area contributed by atoms with Gasteiger partial charge in [-0.05, 0) is 12.8 Å². The highest BCUT2D eigenvalue weighted by molar-refractivity contribution is 5.33. The molecule has 0 amide bonds. The lowest BCUT2D eigenvalue weighted by atomic mass is 9.82. The van der Waals surface area contributed by atoms with Crippen molar-refractivity contribution in [1.82, 2.24) is 15.2 Å². The second-order valence-corrected chi connectivity index (χ2v) is 4.17. The summed E-state index contributed by atoms with van der Waals surface area (Å²) in [4.78, 5) is 3.99. The largest absolute Gasteiger partial charge is 0.394 e. The van der Waals surface area contributed by atoms with E-state index >= 15 is 0 Å². The predicted octanol–water partition coefficient (Wildman–Crippen LogP) is 0.494. The van der Waals surface area contributed by atoms with E-state index in [9.17, 15) is 5.11 Å². The molecule has 1 saturated carbocycles. The SMILES string of the molecule is Nc1nc(NC2(CO)CCCCC2)n[nH]1. The zero-order chi connectivity index (χ0) is 10.7. The molecule has 0 aromatic carbocycles. The van der Waals surface area contributed by atoms with Gasteiger partial charge in [0, 0.05) is 0 Å². The van der Waals surface area contributed by atoms with Crippen molar-refractivity contribution in [1.29, 1.82) is 0 Å². The van der Waals surface area contributed by atoms with Crippen molar-refractivity contribution >= 4 is 11.9 Å². The molecule has 6 heteroatoms. The van der Waals surface area contributed by atoms with E-state index in [4.69, 9.17) is 5.73 Å². The molecule has 0 radical (unpaired) electrons. The van der Waals surface area contributed by atoms with Crippen LogP contribution in [0.2, 0.25) is 0 Å². The van der Waals surface area contributed by atoms with E-state index < -0.39 is 0 Å².